The van der Waals surface area contributed by atoms with E-state index < -0.39 is 0 Å². The van der Waals surface area contributed by atoms with Crippen LogP contribution >= 0.6 is 11.8 Å². The second kappa shape index (κ2) is 2.00. The fourth-order valence-electron chi connectivity index (χ4n) is 0. The van der Waals surface area contributed by atoms with E-state index >= 15 is 0 Å². The van der Waals surface area contributed by atoms with Crippen LogP contribution in [0.15, 0.2) is 0 Å². The van der Waals surface area contributed by atoms with Crippen LogP contribution in [0, 0.1) is 5.41 Å². The van der Waals surface area contributed by atoms with E-state index in [0.29, 0.717) is 0 Å². The molecule has 0 heterocycles. The van der Waals surface area contributed by atoms with Crippen LogP contribution in [0.5, 0.6) is 0 Å². The summed E-state index contributed by atoms with van der Waals surface area (Å²) in [5.41, 5.74) is 0. The molecule has 6 heavy (non-hydrogen) atoms. The molecule has 0 aromatic heterocycles. The lowest BCUT2D eigenvalue weighted by molar-refractivity contribution is 0.700. The van der Waals surface area contributed by atoms with Crippen LogP contribution in [-0.4, -0.2) is 10.4 Å². The summed E-state index contributed by atoms with van der Waals surface area (Å²) in [6, 6.07) is 0. The first-order valence-electron chi connectivity index (χ1n) is 1.40. The predicted octanol–water partition coefficient (Wildman–Crippen LogP) is 0.313. The van der Waals surface area contributed by atoms with E-state index in [-0.39, 0.29) is 5.84 Å². The molecule has 4 heteroatoms. The SMILES string of the molecule is CC(=N)N(N)Cl. The van der Waals surface area contributed by atoms with Crippen molar-refractivity contribution in [2.45, 2.75) is 6.92 Å². The summed E-state index contributed by atoms with van der Waals surface area (Å²) in [4.78, 5) is 0. The van der Waals surface area contributed by atoms with Gasteiger partial charge in [0, 0.05) is 11.8 Å². The molecule has 0 aliphatic heterocycles. The molecular formula is C2H6ClN3. The summed E-state index contributed by atoms with van der Waals surface area (Å²) in [7, 11) is 0. The fraction of sp³-hybridized carbons (Fsp3) is 0.500. The van der Waals surface area contributed by atoms with Gasteiger partial charge in [-0.15, -0.1) is 0 Å². The van der Waals surface area contributed by atoms with Crippen molar-refractivity contribution in [1.29, 1.82) is 5.41 Å². The van der Waals surface area contributed by atoms with Gasteiger partial charge in [0.25, 0.3) is 0 Å². The van der Waals surface area contributed by atoms with E-state index in [0.717, 1.165) is 4.53 Å². The van der Waals surface area contributed by atoms with Gasteiger partial charge in [-0.1, -0.05) is 0 Å². The van der Waals surface area contributed by atoms with Gasteiger partial charge in [0.2, 0.25) is 0 Å². The van der Waals surface area contributed by atoms with E-state index in [9.17, 15) is 0 Å². The topological polar surface area (TPSA) is 53.1 Å². The highest BCUT2D eigenvalue weighted by atomic mass is 35.5. The molecule has 0 rings (SSSR count). The molecule has 0 radical (unpaired) electrons. The molecule has 0 amide bonds. The Balaban J connectivity index is 3.26. The number of hydrogen-bond donors (Lipinski definition) is 2. The number of nitrogens with zero attached hydrogens (tertiary/aromatic N) is 1. The molecule has 0 saturated heterocycles. The first kappa shape index (κ1) is 5.72. The van der Waals surface area contributed by atoms with E-state index in [1.165, 1.54) is 6.92 Å². The molecule has 3 nitrogen and oxygen atoms in total. The maximum Gasteiger partial charge on any atom is 0.124 e. The van der Waals surface area contributed by atoms with Gasteiger partial charge in [-0.2, -0.15) is 0 Å². The van der Waals surface area contributed by atoms with E-state index in [1.807, 2.05) is 0 Å². The summed E-state index contributed by atoms with van der Waals surface area (Å²) >= 11 is 5.00. The highest BCUT2D eigenvalue weighted by Crippen LogP contribution is 1.80. The van der Waals surface area contributed by atoms with Gasteiger partial charge in [-0.25, -0.2) is 10.4 Å². The minimum Gasteiger partial charge on any atom is -0.286 e. The van der Waals surface area contributed by atoms with Gasteiger partial charge >= 0.3 is 0 Å². The Hall–Kier alpha value is -0.280. The standard InChI is InChI=1S/C2H6ClN3/c1-2(4)6(3)5/h4H,5H2,1H3. The summed E-state index contributed by atoms with van der Waals surface area (Å²) in [6.07, 6.45) is 0. The zero-order valence-corrected chi connectivity index (χ0v) is 4.16. The number of nitrogens with one attached hydrogen (secondary N) is 1. The third kappa shape index (κ3) is 1.99. The second-order valence-corrected chi connectivity index (χ2v) is 1.26. The van der Waals surface area contributed by atoms with Crippen molar-refractivity contribution >= 4 is 17.6 Å². The zero-order valence-electron chi connectivity index (χ0n) is 3.40. The smallest absolute Gasteiger partial charge is 0.124 e. The minimum atomic E-state index is 0.136. The van der Waals surface area contributed by atoms with Crippen LogP contribution < -0.4 is 5.84 Å². The Bertz CT molecular complexity index is 59.8. The molecule has 0 unspecified atom stereocenters. The molecule has 0 atom stereocenters. The number of nitrogens with two attached hydrogens (primary N) is 1. The molecule has 0 bridgehead atoms. The van der Waals surface area contributed by atoms with Gasteiger partial charge in [0.1, 0.15) is 5.84 Å². The monoisotopic (exact) mass is 107 g/mol. The van der Waals surface area contributed by atoms with Crippen molar-refractivity contribution in [2.75, 3.05) is 0 Å². The Kier molecular flexibility index (Phi) is 1.90. The normalized spacial score (nSPS) is 7.83. The number of hydrazine groups is 1. The maximum atomic E-state index is 6.62. The van der Waals surface area contributed by atoms with Crippen molar-refractivity contribution in [3.63, 3.8) is 0 Å². The zero-order chi connectivity index (χ0) is 5.15. The number of halogens is 1. The van der Waals surface area contributed by atoms with Crippen molar-refractivity contribution in [3.8, 4) is 0 Å². The lowest BCUT2D eigenvalue weighted by Crippen LogP contribution is -2.24. The third-order valence-corrected chi connectivity index (χ3v) is 0.574. The van der Waals surface area contributed by atoms with Crippen LogP contribution in [0.2, 0.25) is 0 Å². The Morgan fingerprint density at radius 1 is 2.00 bits per heavy atom. The highest BCUT2D eigenvalue weighted by molar-refractivity contribution is 6.20. The van der Waals surface area contributed by atoms with Crippen molar-refractivity contribution in [2.24, 2.45) is 5.84 Å². The first-order valence-corrected chi connectivity index (χ1v) is 1.74. The molecule has 0 fully saturated rings. The molecule has 3 N–H and O–H groups in total. The van der Waals surface area contributed by atoms with E-state index in [4.69, 9.17) is 23.0 Å². The molecule has 0 aromatic carbocycles. The Morgan fingerprint density at radius 3 is 2.17 bits per heavy atom. The molecule has 0 aliphatic rings. The second-order valence-electron chi connectivity index (χ2n) is 0.897. The number of rotatable bonds is 0. The van der Waals surface area contributed by atoms with Gasteiger partial charge in [0.05, 0.1) is 0 Å². The van der Waals surface area contributed by atoms with Crippen LogP contribution in [0.1, 0.15) is 6.92 Å². The number of hydrogen-bond acceptors (Lipinski definition) is 2. The van der Waals surface area contributed by atoms with Crippen LogP contribution in [0.4, 0.5) is 0 Å². The minimum absolute atomic E-state index is 0.136. The Morgan fingerprint density at radius 2 is 2.17 bits per heavy atom. The highest BCUT2D eigenvalue weighted by Gasteiger charge is 1.86. The summed E-state index contributed by atoms with van der Waals surface area (Å²) in [5.74, 6) is 4.95. The molecule has 0 aromatic rings. The van der Waals surface area contributed by atoms with Gasteiger partial charge in [0.15, 0.2) is 0 Å². The maximum absolute atomic E-state index is 6.62. The van der Waals surface area contributed by atoms with E-state index in [2.05, 4.69) is 0 Å². The molecule has 36 valence electrons. The summed E-state index contributed by atoms with van der Waals surface area (Å²) < 4.78 is 0.722. The largest absolute Gasteiger partial charge is 0.286 e. The Labute approximate surface area is 41.3 Å². The fourth-order valence-corrected chi connectivity index (χ4v) is 0. The van der Waals surface area contributed by atoms with Crippen molar-refractivity contribution < 1.29 is 0 Å². The van der Waals surface area contributed by atoms with E-state index in [1.54, 1.807) is 0 Å². The first-order chi connectivity index (χ1) is 2.64. The van der Waals surface area contributed by atoms with Crippen molar-refractivity contribution in [1.82, 2.24) is 4.53 Å². The molecule has 0 saturated carbocycles. The summed E-state index contributed by atoms with van der Waals surface area (Å²) in [5, 5.41) is 6.62. The number of amidine groups is 1. The third-order valence-electron chi connectivity index (χ3n) is 0.320. The molecule has 0 aliphatic carbocycles. The average Bonchev–Trinajstić information content (AvgIpc) is 1.36. The predicted molar refractivity (Wildman–Crippen MR) is 25.3 cm³/mol. The van der Waals surface area contributed by atoms with Gasteiger partial charge in [-0.05, 0) is 6.92 Å². The lowest BCUT2D eigenvalue weighted by atomic mass is 10.7. The average molecular weight is 108 g/mol. The summed E-state index contributed by atoms with van der Waals surface area (Å²) in [6.45, 7) is 1.49. The lowest BCUT2D eigenvalue weighted by Gasteiger charge is -2.01. The van der Waals surface area contributed by atoms with Crippen LogP contribution in [0.25, 0.3) is 0 Å². The molecular weight excluding hydrogens is 101 g/mol. The van der Waals surface area contributed by atoms with Crippen LogP contribution in [-0.2, 0) is 0 Å². The molecule has 0 spiro atoms. The van der Waals surface area contributed by atoms with Gasteiger partial charge in [-0.3, -0.25) is 5.41 Å². The van der Waals surface area contributed by atoms with Gasteiger partial charge < -0.3 is 0 Å². The van der Waals surface area contributed by atoms with Crippen LogP contribution in [0.3, 0.4) is 0 Å². The quantitative estimate of drug-likeness (QED) is 0.154. The van der Waals surface area contributed by atoms with Crippen molar-refractivity contribution in [3.05, 3.63) is 0 Å².